The third kappa shape index (κ3) is 2.30. The number of terminal acetylenes is 1. The SMILES string of the molecule is C#CC(O)Cc1ccc2cc(C)ccc2c1F. The number of halogens is 1. The molecule has 0 amide bonds. The van der Waals surface area contributed by atoms with Crippen molar-refractivity contribution in [3.63, 3.8) is 0 Å². The van der Waals surface area contributed by atoms with Gasteiger partial charge >= 0.3 is 0 Å². The van der Waals surface area contributed by atoms with E-state index >= 15 is 0 Å². The summed E-state index contributed by atoms with van der Waals surface area (Å²) in [4.78, 5) is 0. The fourth-order valence-corrected chi connectivity index (χ4v) is 1.88. The number of benzene rings is 2. The van der Waals surface area contributed by atoms with Crippen molar-refractivity contribution >= 4 is 10.8 Å². The number of fused-ring (bicyclic) bond motifs is 1. The van der Waals surface area contributed by atoms with Crippen molar-refractivity contribution in [2.24, 2.45) is 0 Å². The zero-order chi connectivity index (χ0) is 12.4. The Labute approximate surface area is 99.9 Å². The van der Waals surface area contributed by atoms with E-state index in [2.05, 4.69) is 5.92 Å². The lowest BCUT2D eigenvalue weighted by Crippen LogP contribution is -2.08. The molecule has 0 spiro atoms. The molecule has 0 aromatic heterocycles. The number of aliphatic hydroxyl groups excluding tert-OH is 1. The van der Waals surface area contributed by atoms with Crippen LogP contribution >= 0.6 is 0 Å². The number of hydrogen-bond donors (Lipinski definition) is 1. The van der Waals surface area contributed by atoms with Crippen molar-refractivity contribution in [2.75, 3.05) is 0 Å². The minimum Gasteiger partial charge on any atom is -0.380 e. The van der Waals surface area contributed by atoms with E-state index < -0.39 is 6.10 Å². The second kappa shape index (κ2) is 4.57. The van der Waals surface area contributed by atoms with Crippen LogP contribution in [0.25, 0.3) is 10.8 Å². The second-order valence-corrected chi connectivity index (χ2v) is 4.15. The van der Waals surface area contributed by atoms with Gasteiger partial charge in [0.25, 0.3) is 0 Å². The van der Waals surface area contributed by atoms with Gasteiger partial charge in [-0.05, 0) is 17.9 Å². The average molecular weight is 228 g/mol. The Morgan fingerprint density at radius 2 is 2.12 bits per heavy atom. The Kier molecular flexibility index (Phi) is 3.12. The zero-order valence-corrected chi connectivity index (χ0v) is 9.57. The topological polar surface area (TPSA) is 20.2 Å². The van der Waals surface area contributed by atoms with Crippen molar-refractivity contribution < 1.29 is 9.50 Å². The minimum atomic E-state index is -0.938. The van der Waals surface area contributed by atoms with E-state index in [9.17, 15) is 9.50 Å². The molecule has 17 heavy (non-hydrogen) atoms. The maximum Gasteiger partial charge on any atom is 0.134 e. The maximum absolute atomic E-state index is 14.1. The Bertz CT molecular complexity index is 596. The molecule has 1 nitrogen and oxygen atoms in total. The molecule has 0 radical (unpaired) electrons. The highest BCUT2D eigenvalue weighted by Gasteiger charge is 2.10. The van der Waals surface area contributed by atoms with Crippen molar-refractivity contribution in [3.05, 3.63) is 47.3 Å². The molecule has 0 aliphatic carbocycles. The summed E-state index contributed by atoms with van der Waals surface area (Å²) in [5, 5.41) is 10.8. The lowest BCUT2D eigenvalue weighted by molar-refractivity contribution is 0.232. The van der Waals surface area contributed by atoms with E-state index in [1.165, 1.54) is 0 Å². The molecule has 2 aromatic rings. The van der Waals surface area contributed by atoms with Crippen molar-refractivity contribution in [3.8, 4) is 12.3 Å². The quantitative estimate of drug-likeness (QED) is 0.784. The third-order valence-electron chi connectivity index (χ3n) is 2.80. The molecule has 1 N–H and O–H groups in total. The molecular weight excluding hydrogens is 215 g/mol. The fraction of sp³-hybridized carbons (Fsp3) is 0.200. The Morgan fingerprint density at radius 1 is 1.35 bits per heavy atom. The third-order valence-corrected chi connectivity index (χ3v) is 2.80. The molecule has 0 heterocycles. The smallest absolute Gasteiger partial charge is 0.134 e. The van der Waals surface area contributed by atoms with Crippen LogP contribution in [0.4, 0.5) is 4.39 Å². The van der Waals surface area contributed by atoms with Gasteiger partial charge < -0.3 is 5.11 Å². The highest BCUT2D eigenvalue weighted by Crippen LogP contribution is 2.23. The summed E-state index contributed by atoms with van der Waals surface area (Å²) >= 11 is 0. The highest BCUT2D eigenvalue weighted by atomic mass is 19.1. The fourth-order valence-electron chi connectivity index (χ4n) is 1.88. The normalized spacial score (nSPS) is 12.4. The molecular formula is C15H13FO. The predicted molar refractivity (Wildman–Crippen MR) is 67.2 cm³/mol. The molecule has 86 valence electrons. The molecule has 0 saturated heterocycles. The molecule has 0 aliphatic rings. The van der Waals surface area contributed by atoms with E-state index in [4.69, 9.17) is 6.42 Å². The summed E-state index contributed by atoms with van der Waals surface area (Å²) in [6.45, 7) is 1.97. The molecule has 2 aromatic carbocycles. The van der Waals surface area contributed by atoms with Gasteiger partial charge in [-0.1, -0.05) is 41.8 Å². The molecule has 0 aliphatic heterocycles. The van der Waals surface area contributed by atoms with Crippen LogP contribution < -0.4 is 0 Å². The standard InChI is InChI=1S/C15H13FO/c1-3-13(17)9-12-6-5-11-8-10(2)4-7-14(11)15(12)16/h1,4-8,13,17H,9H2,2H3. The van der Waals surface area contributed by atoms with Gasteiger partial charge in [-0.3, -0.25) is 0 Å². The molecule has 1 atom stereocenters. The predicted octanol–water partition coefficient (Wildman–Crippen LogP) is 2.82. The molecule has 2 rings (SSSR count). The first-order valence-corrected chi connectivity index (χ1v) is 5.44. The molecule has 1 unspecified atom stereocenters. The van der Waals surface area contributed by atoms with E-state index in [-0.39, 0.29) is 12.2 Å². The average Bonchev–Trinajstić information content (AvgIpc) is 2.32. The van der Waals surface area contributed by atoms with E-state index in [1.54, 1.807) is 12.1 Å². The number of hydrogen-bond acceptors (Lipinski definition) is 1. The van der Waals surface area contributed by atoms with Gasteiger partial charge in [0.05, 0.1) is 0 Å². The van der Waals surface area contributed by atoms with E-state index in [1.807, 2.05) is 25.1 Å². The van der Waals surface area contributed by atoms with Gasteiger partial charge in [-0.15, -0.1) is 6.42 Å². The van der Waals surface area contributed by atoms with Crippen molar-refractivity contribution in [2.45, 2.75) is 19.4 Å². The minimum absolute atomic E-state index is 0.145. The monoisotopic (exact) mass is 228 g/mol. The molecule has 0 saturated carbocycles. The first-order chi connectivity index (χ1) is 8.11. The van der Waals surface area contributed by atoms with Crippen LogP contribution in [0.3, 0.4) is 0 Å². The highest BCUT2D eigenvalue weighted by molar-refractivity contribution is 5.84. The largest absolute Gasteiger partial charge is 0.380 e. The molecule has 2 heteroatoms. The van der Waals surface area contributed by atoms with Gasteiger partial charge in [0, 0.05) is 11.8 Å². The summed E-state index contributed by atoms with van der Waals surface area (Å²) < 4.78 is 14.1. The Hall–Kier alpha value is -1.85. The lowest BCUT2D eigenvalue weighted by Gasteiger charge is -2.08. The van der Waals surface area contributed by atoms with Crippen LogP contribution in [0.1, 0.15) is 11.1 Å². The molecule has 0 fully saturated rings. The Morgan fingerprint density at radius 3 is 2.82 bits per heavy atom. The van der Waals surface area contributed by atoms with Crippen molar-refractivity contribution in [1.29, 1.82) is 0 Å². The van der Waals surface area contributed by atoms with Crippen LogP contribution in [0, 0.1) is 25.1 Å². The van der Waals surface area contributed by atoms with E-state index in [0.29, 0.717) is 10.9 Å². The lowest BCUT2D eigenvalue weighted by atomic mass is 10.0. The van der Waals surface area contributed by atoms with Crippen LogP contribution in [0.15, 0.2) is 30.3 Å². The van der Waals surface area contributed by atoms with Gasteiger partial charge in [-0.25, -0.2) is 4.39 Å². The summed E-state index contributed by atoms with van der Waals surface area (Å²) in [5.41, 5.74) is 1.54. The number of aryl methyl sites for hydroxylation is 1. The van der Waals surface area contributed by atoms with E-state index in [0.717, 1.165) is 10.9 Å². The summed E-state index contributed by atoms with van der Waals surface area (Å²) in [6, 6.07) is 9.08. The number of aliphatic hydroxyl groups is 1. The van der Waals surface area contributed by atoms with Crippen molar-refractivity contribution in [1.82, 2.24) is 0 Å². The first kappa shape index (κ1) is 11.6. The summed E-state index contributed by atoms with van der Waals surface area (Å²) in [7, 11) is 0. The maximum atomic E-state index is 14.1. The van der Waals surface area contributed by atoms with Gasteiger partial charge in [0.1, 0.15) is 11.9 Å². The van der Waals surface area contributed by atoms with Crippen LogP contribution in [-0.4, -0.2) is 11.2 Å². The van der Waals surface area contributed by atoms with Gasteiger partial charge in [0.2, 0.25) is 0 Å². The van der Waals surface area contributed by atoms with Crippen LogP contribution in [-0.2, 0) is 6.42 Å². The summed E-state index contributed by atoms with van der Waals surface area (Å²) in [5.74, 6) is 1.89. The Balaban J connectivity index is 2.51. The van der Waals surface area contributed by atoms with Gasteiger partial charge in [-0.2, -0.15) is 0 Å². The summed E-state index contributed by atoms with van der Waals surface area (Å²) in [6.07, 6.45) is 4.29. The van der Waals surface area contributed by atoms with Crippen LogP contribution in [0.5, 0.6) is 0 Å². The zero-order valence-electron chi connectivity index (χ0n) is 9.57. The van der Waals surface area contributed by atoms with Gasteiger partial charge in [0.15, 0.2) is 0 Å². The second-order valence-electron chi connectivity index (χ2n) is 4.15. The number of rotatable bonds is 2. The molecule has 0 bridgehead atoms. The van der Waals surface area contributed by atoms with Crippen LogP contribution in [0.2, 0.25) is 0 Å². The first-order valence-electron chi connectivity index (χ1n) is 5.44.